The number of aromatic nitrogens is 7. The largest absolute Gasteiger partial charge is 0.464 e. The summed E-state index contributed by atoms with van der Waals surface area (Å²) in [5.74, 6) is 0.110. The quantitative estimate of drug-likeness (QED) is 0.360. The number of ether oxygens (including phenoxy) is 1. The number of nitrogens with zero attached hydrogens (tertiary/aromatic N) is 7. The van der Waals surface area contributed by atoms with Crippen molar-refractivity contribution in [3.8, 4) is 16.9 Å². The number of esters is 1. The molecule has 0 amide bonds. The van der Waals surface area contributed by atoms with Gasteiger partial charge in [0, 0.05) is 37.9 Å². The summed E-state index contributed by atoms with van der Waals surface area (Å²) in [6.07, 6.45) is 8.79. The lowest BCUT2D eigenvalue weighted by Crippen LogP contribution is -2.13. The van der Waals surface area contributed by atoms with Gasteiger partial charge >= 0.3 is 5.97 Å². The van der Waals surface area contributed by atoms with E-state index in [1.165, 1.54) is 7.11 Å². The van der Waals surface area contributed by atoms with Gasteiger partial charge in [0.15, 0.2) is 17.3 Å². The van der Waals surface area contributed by atoms with Crippen LogP contribution in [-0.2, 0) is 11.8 Å². The van der Waals surface area contributed by atoms with Gasteiger partial charge in [-0.15, -0.1) is 0 Å². The molecule has 0 radical (unpaired) electrons. The summed E-state index contributed by atoms with van der Waals surface area (Å²) in [4.78, 5) is 35.1. The molecule has 176 valence electrons. The Morgan fingerprint density at radius 3 is 2.51 bits per heavy atom. The molecule has 1 aromatic carbocycles. The Morgan fingerprint density at radius 2 is 1.83 bits per heavy atom. The minimum Gasteiger partial charge on any atom is -0.464 e. The van der Waals surface area contributed by atoms with Crippen molar-refractivity contribution >= 4 is 34.3 Å². The monoisotopic (exact) mass is 469 g/mol. The van der Waals surface area contributed by atoms with Gasteiger partial charge in [0.2, 0.25) is 0 Å². The maximum atomic E-state index is 12.7. The molecule has 0 spiro atoms. The Bertz CT molecular complexity index is 1540. The van der Waals surface area contributed by atoms with Crippen LogP contribution in [0.4, 0.5) is 17.3 Å². The van der Waals surface area contributed by atoms with Gasteiger partial charge in [0.25, 0.3) is 0 Å². The van der Waals surface area contributed by atoms with E-state index in [2.05, 4.69) is 35.6 Å². The fourth-order valence-corrected chi connectivity index (χ4v) is 3.76. The number of benzene rings is 1. The lowest BCUT2D eigenvalue weighted by atomic mass is 10.1. The second kappa shape index (κ2) is 8.86. The van der Waals surface area contributed by atoms with Gasteiger partial charge in [-0.2, -0.15) is 0 Å². The third kappa shape index (κ3) is 4.03. The lowest BCUT2D eigenvalue weighted by Gasteiger charge is -2.15. The van der Waals surface area contributed by atoms with Crippen LogP contribution in [0.25, 0.3) is 28.0 Å². The number of imidazole rings is 2. The standard InChI is InChI=1S/C24H23N9O2/c1-14-11-33(13-27-14)16-7-5-15(6-8-16)29-23-21(24(34)35-4)30-20(22(25-2)31-23)17-9-26-10-18-19(17)28-12-32(18)3/h5-13H,1-4H3,(H2,25,29,31). The molecule has 2 N–H and O–H groups in total. The molecule has 4 heterocycles. The van der Waals surface area contributed by atoms with E-state index in [-0.39, 0.29) is 11.5 Å². The van der Waals surface area contributed by atoms with E-state index in [9.17, 15) is 4.79 Å². The highest BCUT2D eigenvalue weighted by Crippen LogP contribution is 2.32. The van der Waals surface area contributed by atoms with E-state index in [0.29, 0.717) is 22.6 Å². The summed E-state index contributed by atoms with van der Waals surface area (Å²) in [5, 5.41) is 6.26. The zero-order valence-electron chi connectivity index (χ0n) is 19.6. The molecular formula is C24H23N9O2. The predicted molar refractivity (Wildman–Crippen MR) is 132 cm³/mol. The van der Waals surface area contributed by atoms with E-state index in [1.54, 1.807) is 32.1 Å². The van der Waals surface area contributed by atoms with Crippen LogP contribution in [0.5, 0.6) is 0 Å². The van der Waals surface area contributed by atoms with Gasteiger partial charge in [-0.25, -0.2) is 24.7 Å². The van der Waals surface area contributed by atoms with Gasteiger partial charge in [-0.1, -0.05) is 0 Å². The number of carbonyl (C=O) groups excluding carboxylic acids is 1. The van der Waals surface area contributed by atoms with Gasteiger partial charge in [0.05, 0.1) is 42.7 Å². The van der Waals surface area contributed by atoms with E-state index in [1.807, 2.05) is 53.6 Å². The first-order valence-electron chi connectivity index (χ1n) is 10.8. The highest BCUT2D eigenvalue weighted by atomic mass is 16.5. The number of nitrogens with one attached hydrogen (secondary N) is 2. The summed E-state index contributed by atoms with van der Waals surface area (Å²) in [5.41, 5.74) is 5.30. The summed E-state index contributed by atoms with van der Waals surface area (Å²) in [6.45, 7) is 1.94. The average Bonchev–Trinajstić information content (AvgIpc) is 3.49. The number of anilines is 3. The minimum absolute atomic E-state index is 0.0451. The summed E-state index contributed by atoms with van der Waals surface area (Å²) in [6, 6.07) is 7.66. The summed E-state index contributed by atoms with van der Waals surface area (Å²) in [7, 11) is 4.93. The molecule has 0 bridgehead atoms. The van der Waals surface area contributed by atoms with E-state index >= 15 is 0 Å². The fourth-order valence-electron chi connectivity index (χ4n) is 3.76. The van der Waals surface area contributed by atoms with Crippen molar-refractivity contribution in [3.63, 3.8) is 0 Å². The Hall–Kier alpha value is -4.80. The summed E-state index contributed by atoms with van der Waals surface area (Å²) < 4.78 is 8.80. The van der Waals surface area contributed by atoms with E-state index in [4.69, 9.17) is 4.74 Å². The van der Waals surface area contributed by atoms with E-state index in [0.717, 1.165) is 22.6 Å². The third-order valence-corrected chi connectivity index (χ3v) is 5.54. The second-order valence-electron chi connectivity index (χ2n) is 7.86. The number of methoxy groups -OCH3 is 1. The van der Waals surface area contributed by atoms with Crippen molar-refractivity contribution in [2.24, 2.45) is 7.05 Å². The first-order chi connectivity index (χ1) is 17.0. The van der Waals surface area contributed by atoms with Crippen molar-refractivity contribution in [1.82, 2.24) is 34.1 Å². The molecule has 5 aromatic rings. The molecule has 5 rings (SSSR count). The lowest BCUT2D eigenvalue weighted by molar-refractivity contribution is 0.0595. The number of fused-ring (bicyclic) bond motifs is 1. The van der Waals surface area contributed by atoms with Crippen molar-refractivity contribution in [2.75, 3.05) is 24.8 Å². The molecule has 4 aromatic heterocycles. The zero-order chi connectivity index (χ0) is 24.5. The SMILES string of the molecule is CNc1nc(Nc2ccc(-n3cnc(C)c3)cc2)c(C(=O)OC)nc1-c1cncc2c1ncn2C. The van der Waals surface area contributed by atoms with Gasteiger partial charge in [-0.3, -0.25) is 4.98 Å². The number of hydrogen-bond donors (Lipinski definition) is 2. The maximum absolute atomic E-state index is 12.7. The highest BCUT2D eigenvalue weighted by Gasteiger charge is 2.23. The molecule has 0 aliphatic heterocycles. The number of pyridine rings is 1. The van der Waals surface area contributed by atoms with Gasteiger partial charge in [-0.05, 0) is 31.2 Å². The Morgan fingerprint density at radius 1 is 1.03 bits per heavy atom. The maximum Gasteiger partial charge on any atom is 0.360 e. The van der Waals surface area contributed by atoms with Gasteiger partial charge < -0.3 is 24.5 Å². The fraction of sp³-hybridized carbons (Fsp3) is 0.167. The Balaban J connectivity index is 1.57. The molecule has 0 saturated heterocycles. The van der Waals surface area contributed by atoms with Crippen molar-refractivity contribution in [1.29, 1.82) is 0 Å². The third-order valence-electron chi connectivity index (χ3n) is 5.54. The summed E-state index contributed by atoms with van der Waals surface area (Å²) >= 11 is 0. The van der Waals surface area contributed by atoms with E-state index < -0.39 is 5.97 Å². The Kier molecular flexibility index (Phi) is 5.57. The number of hydrogen-bond acceptors (Lipinski definition) is 9. The number of rotatable bonds is 6. The van der Waals surface area contributed by atoms with Crippen molar-refractivity contribution in [2.45, 2.75) is 6.92 Å². The van der Waals surface area contributed by atoms with Crippen LogP contribution in [0.15, 0.2) is 55.5 Å². The topological polar surface area (TPSA) is 125 Å². The van der Waals surface area contributed by atoms with Gasteiger partial charge in [0.1, 0.15) is 11.2 Å². The molecule has 0 unspecified atom stereocenters. The van der Waals surface area contributed by atoms with Crippen LogP contribution < -0.4 is 10.6 Å². The van der Waals surface area contributed by atoms with Crippen LogP contribution in [0.2, 0.25) is 0 Å². The molecule has 0 fully saturated rings. The molecule has 0 saturated carbocycles. The molecule has 35 heavy (non-hydrogen) atoms. The average molecular weight is 470 g/mol. The van der Waals surface area contributed by atoms with Crippen molar-refractivity contribution < 1.29 is 9.53 Å². The first kappa shape index (κ1) is 22.0. The number of aryl methyl sites for hydroxylation is 2. The molecule has 0 atom stereocenters. The first-order valence-corrected chi connectivity index (χ1v) is 10.8. The van der Waals surface area contributed by atoms with Crippen LogP contribution in [-0.4, -0.2) is 54.2 Å². The number of carbonyl (C=O) groups is 1. The normalized spacial score (nSPS) is 11.0. The van der Waals surface area contributed by atoms with Crippen LogP contribution in [0.1, 0.15) is 16.2 Å². The molecule has 0 aliphatic rings. The predicted octanol–water partition coefficient (Wildman–Crippen LogP) is 3.49. The molecule has 11 nitrogen and oxygen atoms in total. The molecular weight excluding hydrogens is 446 g/mol. The van der Waals surface area contributed by atoms with Crippen LogP contribution >= 0.6 is 0 Å². The minimum atomic E-state index is -0.615. The Labute approximate surface area is 200 Å². The molecule has 0 aliphatic carbocycles. The molecule has 11 heteroatoms. The van der Waals surface area contributed by atoms with Crippen LogP contribution in [0, 0.1) is 6.92 Å². The zero-order valence-corrected chi connectivity index (χ0v) is 19.6. The smallest absolute Gasteiger partial charge is 0.360 e. The highest BCUT2D eigenvalue weighted by molar-refractivity contribution is 5.98. The van der Waals surface area contributed by atoms with Crippen molar-refractivity contribution in [3.05, 3.63) is 66.9 Å². The second-order valence-corrected chi connectivity index (χ2v) is 7.86. The van der Waals surface area contributed by atoms with Crippen LogP contribution in [0.3, 0.4) is 0 Å².